The molecule has 1 saturated heterocycles. The fourth-order valence-electron chi connectivity index (χ4n) is 4.65. The normalized spacial score (nSPS) is 16.4. The fraction of sp³-hybridized carbons (Fsp3) is 0.161. The lowest BCUT2D eigenvalue weighted by molar-refractivity contribution is -0.132. The van der Waals surface area contributed by atoms with Crippen molar-refractivity contribution in [3.05, 3.63) is 111 Å². The van der Waals surface area contributed by atoms with E-state index in [4.69, 9.17) is 4.74 Å². The number of hydrogen-bond acceptors (Lipinski definition) is 8. The van der Waals surface area contributed by atoms with Gasteiger partial charge in [-0.1, -0.05) is 53.3 Å². The predicted octanol–water partition coefficient (Wildman–Crippen LogP) is 5.87. The van der Waals surface area contributed by atoms with Crippen LogP contribution in [0.25, 0.3) is 5.76 Å². The molecule has 5 rings (SSSR count). The van der Waals surface area contributed by atoms with Gasteiger partial charge in [-0.25, -0.2) is 4.98 Å². The molecule has 0 radical (unpaired) electrons. The highest BCUT2D eigenvalue weighted by atomic mass is 32.1. The Morgan fingerprint density at radius 3 is 2.35 bits per heavy atom. The third kappa shape index (κ3) is 5.11. The molecule has 4 aromatic rings. The molecule has 0 aliphatic carbocycles. The van der Waals surface area contributed by atoms with Gasteiger partial charge in [-0.3, -0.25) is 19.3 Å². The monoisotopic (exact) mass is 554 g/mol. The van der Waals surface area contributed by atoms with Crippen molar-refractivity contribution in [3.8, 4) is 11.5 Å². The van der Waals surface area contributed by atoms with Gasteiger partial charge in [0, 0.05) is 12.5 Å². The molecule has 0 unspecified atom stereocenters. The molecule has 40 heavy (non-hydrogen) atoms. The van der Waals surface area contributed by atoms with Crippen molar-refractivity contribution in [2.75, 3.05) is 4.90 Å². The van der Waals surface area contributed by atoms with Crippen LogP contribution in [0.4, 0.5) is 5.13 Å². The third-order valence-electron chi connectivity index (χ3n) is 6.58. The van der Waals surface area contributed by atoms with Gasteiger partial charge in [-0.2, -0.15) is 0 Å². The highest BCUT2D eigenvalue weighted by Crippen LogP contribution is 2.44. The zero-order valence-electron chi connectivity index (χ0n) is 22.0. The molecule has 1 amide bonds. The topological polar surface area (TPSA) is 117 Å². The van der Waals surface area contributed by atoms with Gasteiger partial charge >= 0.3 is 5.91 Å². The summed E-state index contributed by atoms with van der Waals surface area (Å²) in [5.74, 6) is -1.74. The van der Waals surface area contributed by atoms with E-state index in [0.29, 0.717) is 34.1 Å². The van der Waals surface area contributed by atoms with Crippen LogP contribution in [0.15, 0.2) is 78.4 Å². The first-order valence-electron chi connectivity index (χ1n) is 12.5. The van der Waals surface area contributed by atoms with E-state index in [1.165, 1.54) is 24.0 Å². The van der Waals surface area contributed by atoms with Gasteiger partial charge in [0.15, 0.2) is 10.9 Å². The summed E-state index contributed by atoms with van der Waals surface area (Å²) in [6.45, 7) is 5.44. The number of anilines is 1. The number of aromatic hydroxyl groups is 1. The SMILES string of the molecule is CC(=O)c1sc(N2C(=O)C(=O)C(=C(O)c3ccc(OCc4cccc(C)c4)cc3)[C@@H]2c2ccc(O)cc2)nc1C. The molecule has 2 N–H and O–H groups in total. The van der Waals surface area contributed by atoms with Crippen molar-refractivity contribution in [2.24, 2.45) is 0 Å². The van der Waals surface area contributed by atoms with Gasteiger partial charge in [0.25, 0.3) is 5.78 Å². The van der Waals surface area contributed by atoms with Crippen LogP contribution in [0.2, 0.25) is 0 Å². The van der Waals surface area contributed by atoms with Crippen molar-refractivity contribution < 1.29 is 29.3 Å². The molecule has 8 nitrogen and oxygen atoms in total. The zero-order valence-corrected chi connectivity index (χ0v) is 22.9. The van der Waals surface area contributed by atoms with E-state index in [2.05, 4.69) is 4.98 Å². The second-order valence-electron chi connectivity index (χ2n) is 9.53. The molecule has 0 saturated carbocycles. The van der Waals surface area contributed by atoms with E-state index >= 15 is 0 Å². The van der Waals surface area contributed by atoms with Crippen LogP contribution in [0.5, 0.6) is 11.5 Å². The minimum atomic E-state index is -1.02. The minimum Gasteiger partial charge on any atom is -0.508 e. The second kappa shape index (κ2) is 10.8. The number of aliphatic hydroxyl groups is 1. The first-order chi connectivity index (χ1) is 19.1. The standard InChI is InChI=1S/C31H26N2O6S/c1-17-5-4-6-20(15-17)16-39-24-13-9-22(10-14-24)27(36)25-26(21-7-11-23(35)12-8-21)33(30(38)28(25)37)31-32-18(2)29(40-31)19(3)34/h4-15,26,35-36H,16H2,1-3H3/t26-/m0/s1. The van der Waals surface area contributed by atoms with Crippen molar-refractivity contribution in [2.45, 2.75) is 33.4 Å². The molecule has 1 aliphatic rings. The zero-order chi connectivity index (χ0) is 28.6. The molecule has 1 atom stereocenters. The van der Waals surface area contributed by atoms with Crippen LogP contribution in [-0.4, -0.2) is 32.7 Å². The number of ketones is 2. The number of aryl methyl sites for hydroxylation is 2. The van der Waals surface area contributed by atoms with Crippen molar-refractivity contribution in [1.82, 2.24) is 4.98 Å². The molecule has 3 aromatic carbocycles. The first kappa shape index (κ1) is 26.8. The summed E-state index contributed by atoms with van der Waals surface area (Å²) in [7, 11) is 0. The van der Waals surface area contributed by atoms with Crippen LogP contribution in [0.1, 0.15) is 50.6 Å². The third-order valence-corrected chi connectivity index (χ3v) is 7.84. The molecule has 1 aliphatic heterocycles. The Morgan fingerprint density at radius 2 is 1.73 bits per heavy atom. The number of benzene rings is 3. The minimum absolute atomic E-state index is 0.00547. The summed E-state index contributed by atoms with van der Waals surface area (Å²) in [6, 6.07) is 19.5. The number of aromatic nitrogens is 1. The number of Topliss-reactive ketones (excluding diaryl/α,β-unsaturated/α-hetero) is 2. The van der Waals surface area contributed by atoms with E-state index in [0.717, 1.165) is 22.5 Å². The lowest BCUT2D eigenvalue weighted by Crippen LogP contribution is -2.29. The number of ether oxygens (including phenoxy) is 1. The van der Waals surface area contributed by atoms with Crippen molar-refractivity contribution in [1.29, 1.82) is 0 Å². The molecule has 1 fully saturated rings. The van der Waals surface area contributed by atoms with E-state index in [-0.39, 0.29) is 28.0 Å². The quantitative estimate of drug-likeness (QED) is 0.127. The van der Waals surface area contributed by atoms with Gasteiger partial charge in [0.05, 0.1) is 22.2 Å². The summed E-state index contributed by atoms with van der Waals surface area (Å²) >= 11 is 1.01. The Hall–Kier alpha value is -4.76. The number of nitrogens with zero attached hydrogens (tertiary/aromatic N) is 2. The first-order valence-corrected chi connectivity index (χ1v) is 13.3. The fourth-order valence-corrected chi connectivity index (χ4v) is 5.64. The number of amides is 1. The van der Waals surface area contributed by atoms with Crippen LogP contribution >= 0.6 is 11.3 Å². The van der Waals surface area contributed by atoms with Gasteiger partial charge in [-0.05, 0) is 61.4 Å². The van der Waals surface area contributed by atoms with Crippen molar-refractivity contribution >= 4 is 39.7 Å². The van der Waals surface area contributed by atoms with Crippen LogP contribution < -0.4 is 9.64 Å². The number of phenolic OH excluding ortho intramolecular Hbond substituents is 1. The molecule has 0 bridgehead atoms. The Kier molecular flexibility index (Phi) is 7.23. The number of phenols is 1. The van der Waals surface area contributed by atoms with E-state index in [1.807, 2.05) is 31.2 Å². The Labute approximate surface area is 234 Å². The lowest BCUT2D eigenvalue weighted by atomic mass is 9.95. The maximum Gasteiger partial charge on any atom is 0.301 e. The van der Waals surface area contributed by atoms with Gasteiger partial charge in [-0.15, -0.1) is 0 Å². The highest BCUT2D eigenvalue weighted by molar-refractivity contribution is 7.18. The second-order valence-corrected chi connectivity index (χ2v) is 10.5. The Morgan fingerprint density at radius 1 is 1.02 bits per heavy atom. The van der Waals surface area contributed by atoms with E-state index in [1.54, 1.807) is 43.3 Å². The number of thiazole rings is 1. The summed E-state index contributed by atoms with van der Waals surface area (Å²) in [6.07, 6.45) is 0. The number of rotatable bonds is 7. The van der Waals surface area contributed by atoms with Gasteiger partial charge in [0.2, 0.25) is 0 Å². The molecule has 1 aromatic heterocycles. The molecule has 202 valence electrons. The molecular formula is C31H26N2O6S. The van der Waals surface area contributed by atoms with Crippen molar-refractivity contribution in [3.63, 3.8) is 0 Å². The van der Waals surface area contributed by atoms with Crippen LogP contribution in [0.3, 0.4) is 0 Å². The predicted molar refractivity (Wildman–Crippen MR) is 152 cm³/mol. The summed E-state index contributed by atoms with van der Waals surface area (Å²) < 4.78 is 5.87. The molecule has 9 heteroatoms. The summed E-state index contributed by atoms with van der Waals surface area (Å²) in [4.78, 5) is 44.7. The summed E-state index contributed by atoms with van der Waals surface area (Å²) in [5, 5.41) is 21.4. The maximum absolute atomic E-state index is 13.4. The molecular weight excluding hydrogens is 528 g/mol. The largest absolute Gasteiger partial charge is 0.508 e. The Bertz CT molecular complexity index is 1650. The van der Waals surface area contributed by atoms with Crippen LogP contribution in [0, 0.1) is 13.8 Å². The lowest BCUT2D eigenvalue weighted by Gasteiger charge is -2.23. The highest BCUT2D eigenvalue weighted by Gasteiger charge is 2.48. The number of carbonyl (C=O) groups is 3. The van der Waals surface area contributed by atoms with Gasteiger partial charge < -0.3 is 14.9 Å². The Balaban J connectivity index is 1.52. The average Bonchev–Trinajstić information content (AvgIpc) is 3.44. The maximum atomic E-state index is 13.4. The number of hydrogen-bond donors (Lipinski definition) is 2. The smallest absolute Gasteiger partial charge is 0.301 e. The van der Waals surface area contributed by atoms with Gasteiger partial charge in [0.1, 0.15) is 23.9 Å². The average molecular weight is 555 g/mol. The van der Waals surface area contributed by atoms with Crippen LogP contribution in [-0.2, 0) is 16.2 Å². The number of carbonyl (C=O) groups excluding carboxylic acids is 3. The van der Waals surface area contributed by atoms with E-state index in [9.17, 15) is 24.6 Å². The number of aliphatic hydroxyl groups excluding tert-OH is 1. The molecule has 2 heterocycles. The molecule has 0 spiro atoms. The van der Waals surface area contributed by atoms with E-state index < -0.39 is 17.7 Å². The summed E-state index contributed by atoms with van der Waals surface area (Å²) in [5.41, 5.74) is 3.28.